The minimum absolute atomic E-state index is 0.0146. The number of benzene rings is 2. The van der Waals surface area contributed by atoms with Crippen molar-refractivity contribution in [2.45, 2.75) is 153 Å². The monoisotopic (exact) mass is 942 g/mol. The molecule has 8 nitrogen and oxygen atoms in total. The van der Waals surface area contributed by atoms with Crippen molar-refractivity contribution in [1.82, 2.24) is 0 Å². The van der Waals surface area contributed by atoms with Gasteiger partial charge in [0.15, 0.2) is 6.29 Å². The number of carbonyl (C=O) groups is 3. The smallest absolute Gasteiger partial charge is 0.459 e. The SMILES string of the molecule is C=CC1CCC(CCC2COC(c3ccc(OC(=O)CCC=C(F)F)cc3F)OC2)CC1.CCCc1ccc(C(=O)OC2CCC(C3CCC(OC(=O)C(F)(F)C(F)(F)F)CC3)CC2)cc1. The molecule has 2 aromatic rings. The standard InChI is InChI=1S/C25H31F5O4.C25H31F3O4/c1-2-3-16-4-6-19(7-5-16)22(31)33-20-12-8-17(9-13-20)18-10-14-21(15-11-18)34-23(32)24(26,27)25(28,29)30;1-2-17-6-8-18(9-7-17)10-11-19-15-30-25(31-16-19)21-13-12-20(14-22(21)26)32-24(29)5-3-4-23(27)28/h4-7,17-18,20-21H,2-3,8-15H2,1H3;2,4,12-14,17-19,25H,1,3,5-11,15-16H2. The van der Waals surface area contributed by atoms with Crippen molar-refractivity contribution in [2.75, 3.05) is 13.2 Å². The zero-order valence-corrected chi connectivity index (χ0v) is 37.5. The van der Waals surface area contributed by atoms with Crippen LogP contribution in [0.5, 0.6) is 5.75 Å². The summed E-state index contributed by atoms with van der Waals surface area (Å²) in [5, 5.41) is 0. The van der Waals surface area contributed by atoms with Crippen LogP contribution >= 0.6 is 0 Å². The Morgan fingerprint density at radius 3 is 1.86 bits per heavy atom. The average Bonchev–Trinajstić information content (AvgIpc) is 3.29. The third-order valence-electron chi connectivity index (χ3n) is 13.3. The third-order valence-corrected chi connectivity index (χ3v) is 13.3. The van der Waals surface area contributed by atoms with Gasteiger partial charge in [-0.15, -0.1) is 6.58 Å². The number of hydrogen-bond acceptors (Lipinski definition) is 8. The van der Waals surface area contributed by atoms with Crippen LogP contribution in [-0.2, 0) is 35.0 Å². The van der Waals surface area contributed by atoms with Crippen molar-refractivity contribution in [1.29, 1.82) is 0 Å². The molecule has 1 aliphatic heterocycles. The lowest BCUT2D eigenvalue weighted by atomic mass is 9.72. The normalized spacial score (nSPS) is 25.9. The number of rotatable bonds is 16. The molecule has 0 aromatic heterocycles. The number of carbonyl (C=O) groups excluding carboxylic acids is 3. The van der Waals surface area contributed by atoms with E-state index < -0.39 is 48.3 Å². The van der Waals surface area contributed by atoms with Crippen LogP contribution in [0.25, 0.3) is 0 Å². The molecule has 0 spiro atoms. The van der Waals surface area contributed by atoms with Crippen LogP contribution in [0.4, 0.5) is 35.1 Å². The molecule has 66 heavy (non-hydrogen) atoms. The minimum atomic E-state index is -5.96. The van der Waals surface area contributed by atoms with Gasteiger partial charge >= 0.3 is 30.0 Å². The van der Waals surface area contributed by atoms with Crippen molar-refractivity contribution >= 4 is 17.9 Å². The van der Waals surface area contributed by atoms with E-state index in [4.69, 9.17) is 18.9 Å². The summed E-state index contributed by atoms with van der Waals surface area (Å²) in [5.41, 5.74) is 1.96. The molecule has 0 radical (unpaired) electrons. The maximum absolute atomic E-state index is 14.5. The highest BCUT2D eigenvalue weighted by Gasteiger charge is 2.65. The van der Waals surface area contributed by atoms with E-state index in [1.54, 1.807) is 12.1 Å². The highest BCUT2D eigenvalue weighted by Crippen LogP contribution is 2.42. The van der Waals surface area contributed by atoms with Crippen molar-refractivity contribution in [3.05, 3.63) is 89.8 Å². The molecule has 4 aliphatic rings. The fourth-order valence-electron chi connectivity index (χ4n) is 9.33. The Balaban J connectivity index is 0.000000248. The first-order valence-corrected chi connectivity index (χ1v) is 23.3. The molecule has 2 aromatic carbocycles. The van der Waals surface area contributed by atoms with E-state index in [9.17, 15) is 49.5 Å². The molecule has 1 heterocycles. The van der Waals surface area contributed by atoms with Crippen LogP contribution in [0, 0.1) is 35.4 Å². The second-order valence-electron chi connectivity index (χ2n) is 18.1. The van der Waals surface area contributed by atoms with Gasteiger partial charge in [0.2, 0.25) is 0 Å². The second kappa shape index (κ2) is 25.2. The summed E-state index contributed by atoms with van der Waals surface area (Å²) >= 11 is 0. The molecule has 0 unspecified atom stereocenters. The maximum Gasteiger partial charge on any atom is 0.465 e. The summed E-state index contributed by atoms with van der Waals surface area (Å²) in [6.07, 6.45) is 6.77. The van der Waals surface area contributed by atoms with E-state index >= 15 is 0 Å². The van der Waals surface area contributed by atoms with Gasteiger partial charge in [0.1, 0.15) is 23.8 Å². The summed E-state index contributed by atoms with van der Waals surface area (Å²) in [6.45, 7) is 7.02. The number of alkyl halides is 5. The molecule has 0 atom stereocenters. The molecule has 3 saturated carbocycles. The summed E-state index contributed by atoms with van der Waals surface area (Å²) in [7, 11) is 0. The van der Waals surface area contributed by atoms with Crippen LogP contribution in [0.3, 0.4) is 0 Å². The summed E-state index contributed by atoms with van der Waals surface area (Å²) in [4.78, 5) is 35.4. The number of ether oxygens (including phenoxy) is 5. The predicted molar refractivity (Wildman–Crippen MR) is 229 cm³/mol. The molecule has 0 N–H and O–H groups in total. The van der Waals surface area contributed by atoms with Crippen LogP contribution in [-0.4, -0.2) is 55.4 Å². The van der Waals surface area contributed by atoms with Crippen molar-refractivity contribution in [2.24, 2.45) is 29.6 Å². The molecule has 0 amide bonds. The largest absolute Gasteiger partial charge is 0.465 e. The van der Waals surface area contributed by atoms with Crippen molar-refractivity contribution < 1.29 is 73.2 Å². The van der Waals surface area contributed by atoms with Crippen LogP contribution in [0.2, 0.25) is 0 Å². The average molecular weight is 943 g/mol. The lowest BCUT2D eigenvalue weighted by Crippen LogP contribution is -2.46. The van der Waals surface area contributed by atoms with Gasteiger partial charge in [-0.1, -0.05) is 38.0 Å². The Morgan fingerprint density at radius 2 is 1.33 bits per heavy atom. The maximum atomic E-state index is 14.5. The molecule has 16 heteroatoms. The molecule has 366 valence electrons. The van der Waals surface area contributed by atoms with E-state index in [0.717, 1.165) is 63.4 Å². The van der Waals surface area contributed by atoms with Gasteiger partial charge in [0.05, 0.1) is 18.8 Å². The molecule has 4 fully saturated rings. The lowest BCUT2D eigenvalue weighted by Gasteiger charge is -2.37. The first-order valence-electron chi connectivity index (χ1n) is 23.3. The van der Waals surface area contributed by atoms with E-state index in [-0.39, 0.29) is 49.1 Å². The fraction of sp³-hybridized carbons (Fsp3) is 0.620. The van der Waals surface area contributed by atoms with Gasteiger partial charge in [0.25, 0.3) is 6.08 Å². The lowest BCUT2D eigenvalue weighted by molar-refractivity contribution is -0.282. The van der Waals surface area contributed by atoms with Crippen molar-refractivity contribution in [3.8, 4) is 5.75 Å². The van der Waals surface area contributed by atoms with Gasteiger partial charge in [0, 0.05) is 24.0 Å². The first-order chi connectivity index (χ1) is 31.4. The summed E-state index contributed by atoms with van der Waals surface area (Å²) in [5.74, 6) is -7.25. The van der Waals surface area contributed by atoms with E-state index in [1.165, 1.54) is 43.4 Å². The van der Waals surface area contributed by atoms with E-state index in [0.29, 0.717) is 61.4 Å². The highest BCUT2D eigenvalue weighted by atomic mass is 19.4. The van der Waals surface area contributed by atoms with Gasteiger partial charge in [-0.25, -0.2) is 14.0 Å². The zero-order chi connectivity index (χ0) is 47.9. The second-order valence-corrected chi connectivity index (χ2v) is 18.1. The molecule has 1 saturated heterocycles. The Hall–Kier alpha value is -4.31. The number of aryl methyl sites for hydroxylation is 1. The van der Waals surface area contributed by atoms with Gasteiger partial charge in [-0.2, -0.15) is 30.7 Å². The Kier molecular flexibility index (Phi) is 20.1. The highest BCUT2D eigenvalue weighted by molar-refractivity contribution is 5.89. The third kappa shape index (κ3) is 15.9. The Morgan fingerprint density at radius 1 is 0.758 bits per heavy atom. The fourth-order valence-corrected chi connectivity index (χ4v) is 9.33. The molecular formula is C50H62F8O8. The minimum Gasteiger partial charge on any atom is -0.459 e. The molecule has 0 bridgehead atoms. The summed E-state index contributed by atoms with van der Waals surface area (Å²) < 4.78 is 128. The van der Waals surface area contributed by atoms with E-state index in [2.05, 4.69) is 24.3 Å². The quantitative estimate of drug-likeness (QED) is 0.0710. The van der Waals surface area contributed by atoms with E-state index in [1.807, 2.05) is 12.1 Å². The Labute approximate surface area is 381 Å². The predicted octanol–water partition coefficient (Wildman–Crippen LogP) is 13.4. The van der Waals surface area contributed by atoms with Crippen LogP contribution < -0.4 is 4.74 Å². The van der Waals surface area contributed by atoms with Gasteiger partial charge in [-0.05, 0) is 156 Å². The number of hydrogen-bond donors (Lipinski definition) is 0. The van der Waals surface area contributed by atoms with Crippen molar-refractivity contribution in [3.63, 3.8) is 0 Å². The number of halogens is 8. The Bertz CT molecular complexity index is 1880. The molecule has 3 aliphatic carbocycles. The van der Waals surface area contributed by atoms with Gasteiger partial charge in [-0.3, -0.25) is 4.79 Å². The molecular weight excluding hydrogens is 881 g/mol. The van der Waals surface area contributed by atoms with Crippen LogP contribution in [0.15, 0.2) is 67.3 Å². The first kappa shape index (κ1) is 52.7. The van der Waals surface area contributed by atoms with Gasteiger partial charge < -0.3 is 23.7 Å². The number of esters is 3. The number of allylic oxidation sites excluding steroid dienone is 2. The van der Waals surface area contributed by atoms with Crippen LogP contribution in [0.1, 0.15) is 144 Å². The topological polar surface area (TPSA) is 97.4 Å². The summed E-state index contributed by atoms with van der Waals surface area (Å²) in [6, 6.07) is 11.4. The zero-order valence-electron chi connectivity index (χ0n) is 37.5. The molecule has 6 rings (SSSR count).